The van der Waals surface area contributed by atoms with E-state index in [9.17, 15) is 18.0 Å². The number of halogens is 5. The summed E-state index contributed by atoms with van der Waals surface area (Å²) < 4.78 is 37.5. The van der Waals surface area contributed by atoms with Gasteiger partial charge in [0.2, 0.25) is 0 Å². The number of anilines is 1. The van der Waals surface area contributed by atoms with Crippen LogP contribution in [0.3, 0.4) is 0 Å². The van der Waals surface area contributed by atoms with Gasteiger partial charge in [-0.2, -0.15) is 13.2 Å². The van der Waals surface area contributed by atoms with E-state index in [2.05, 4.69) is 10.3 Å². The number of aryl methyl sites for hydroxylation is 1. The lowest BCUT2D eigenvalue weighted by atomic mass is 10.1. The number of aromatic nitrogens is 1. The molecule has 1 amide bonds. The van der Waals surface area contributed by atoms with Crippen molar-refractivity contribution in [3.05, 3.63) is 58.2 Å². The summed E-state index contributed by atoms with van der Waals surface area (Å²) in [5.41, 5.74) is 0.366. The molecule has 0 fully saturated rings. The maximum absolute atomic E-state index is 12.5. The van der Waals surface area contributed by atoms with E-state index in [1.807, 2.05) is 13.0 Å². The van der Waals surface area contributed by atoms with Crippen LogP contribution in [0.2, 0.25) is 5.02 Å². The van der Waals surface area contributed by atoms with E-state index in [1.165, 1.54) is 0 Å². The van der Waals surface area contributed by atoms with Gasteiger partial charge in [-0.15, -0.1) is 0 Å². The zero-order valence-electron chi connectivity index (χ0n) is 11.3. The van der Waals surface area contributed by atoms with Crippen LogP contribution in [0.15, 0.2) is 36.5 Å². The van der Waals surface area contributed by atoms with Crippen LogP contribution in [-0.4, -0.2) is 5.91 Å². The molecule has 1 aromatic heterocycles. The van der Waals surface area contributed by atoms with Gasteiger partial charge in [0.25, 0.3) is 5.82 Å². The molecule has 22 heavy (non-hydrogen) atoms. The lowest BCUT2D eigenvalue weighted by molar-refractivity contribution is -0.364. The molecule has 1 heterocycles. The lowest BCUT2D eigenvalue weighted by Gasteiger charge is -2.06. The lowest BCUT2D eigenvalue weighted by Crippen LogP contribution is -3.00. The Morgan fingerprint density at radius 2 is 1.95 bits per heavy atom. The van der Waals surface area contributed by atoms with E-state index in [4.69, 9.17) is 11.6 Å². The standard InChI is InChI=1S/C14H10ClF3N2O.ClH/c1-8-3-2-4-9(5-8)13(21)20-12-11(15)6-10(7-19-12)14(16,17)18;/h2-7H,1H3,(H,19,20,21);1H. The fourth-order valence-electron chi connectivity index (χ4n) is 1.70. The van der Waals surface area contributed by atoms with Gasteiger partial charge in [0.05, 0.1) is 11.1 Å². The Labute approximate surface area is 135 Å². The topological polar surface area (TPSA) is 43.2 Å². The highest BCUT2D eigenvalue weighted by atomic mass is 35.5. The zero-order chi connectivity index (χ0) is 15.6. The van der Waals surface area contributed by atoms with E-state index in [0.717, 1.165) is 17.8 Å². The Morgan fingerprint density at radius 3 is 2.50 bits per heavy atom. The molecule has 0 atom stereocenters. The third kappa shape index (κ3) is 4.35. The molecule has 0 aliphatic heterocycles. The number of hydrogen-bond acceptors (Lipinski definition) is 1. The highest BCUT2D eigenvalue weighted by molar-refractivity contribution is 6.33. The molecule has 2 N–H and O–H groups in total. The fraction of sp³-hybridized carbons (Fsp3) is 0.143. The maximum Gasteiger partial charge on any atom is 0.419 e. The van der Waals surface area contributed by atoms with Gasteiger partial charge in [0, 0.05) is 0 Å². The minimum absolute atomic E-state index is 0. The van der Waals surface area contributed by atoms with Crippen molar-refractivity contribution in [1.82, 2.24) is 0 Å². The second kappa shape index (κ2) is 6.98. The molecule has 0 radical (unpaired) electrons. The molecule has 0 bridgehead atoms. The van der Waals surface area contributed by atoms with Crippen molar-refractivity contribution < 1.29 is 35.4 Å². The van der Waals surface area contributed by atoms with Gasteiger partial charge >= 0.3 is 12.1 Å². The van der Waals surface area contributed by atoms with Crippen LogP contribution in [0.4, 0.5) is 19.0 Å². The number of pyridine rings is 1. The SMILES string of the molecule is Cc1cccc(C(=O)Nc2[nH+]cc(C(F)(F)F)cc2Cl)c1.[Cl-]. The van der Waals surface area contributed by atoms with Gasteiger partial charge in [-0.1, -0.05) is 29.3 Å². The first-order valence-corrected chi connectivity index (χ1v) is 6.31. The molecule has 118 valence electrons. The van der Waals surface area contributed by atoms with Crippen LogP contribution < -0.4 is 22.7 Å². The zero-order valence-corrected chi connectivity index (χ0v) is 12.8. The highest BCUT2D eigenvalue weighted by Gasteiger charge is 2.33. The van der Waals surface area contributed by atoms with Crippen molar-refractivity contribution in [2.45, 2.75) is 13.1 Å². The van der Waals surface area contributed by atoms with Gasteiger partial charge in [-0.25, -0.2) is 15.1 Å². The second-order valence-electron chi connectivity index (χ2n) is 4.43. The van der Waals surface area contributed by atoms with Crippen LogP contribution in [0.25, 0.3) is 0 Å². The molecule has 3 nitrogen and oxygen atoms in total. The average molecular weight is 351 g/mol. The van der Waals surface area contributed by atoms with Gasteiger partial charge in [-0.05, 0) is 25.1 Å². The van der Waals surface area contributed by atoms with E-state index >= 15 is 0 Å². The van der Waals surface area contributed by atoms with Gasteiger partial charge in [0.1, 0.15) is 11.2 Å². The van der Waals surface area contributed by atoms with Crippen molar-refractivity contribution in [2.24, 2.45) is 0 Å². The monoisotopic (exact) mass is 350 g/mol. The van der Waals surface area contributed by atoms with E-state index in [-0.39, 0.29) is 23.2 Å². The number of alkyl halides is 3. The number of carbonyl (C=O) groups is 1. The average Bonchev–Trinajstić information content (AvgIpc) is 2.39. The Morgan fingerprint density at radius 1 is 1.27 bits per heavy atom. The molecule has 0 unspecified atom stereocenters. The summed E-state index contributed by atoms with van der Waals surface area (Å²) in [5.74, 6) is -0.451. The summed E-state index contributed by atoms with van der Waals surface area (Å²) in [7, 11) is 0. The number of rotatable bonds is 2. The minimum atomic E-state index is -4.50. The first kappa shape index (κ1) is 18.3. The van der Waals surface area contributed by atoms with E-state index in [1.54, 1.807) is 18.2 Å². The summed E-state index contributed by atoms with van der Waals surface area (Å²) in [4.78, 5) is 14.3. The smallest absolute Gasteiger partial charge is 0.419 e. The number of amides is 1. The number of H-pyrrole nitrogens is 1. The normalized spacial score (nSPS) is 10.8. The van der Waals surface area contributed by atoms with Crippen molar-refractivity contribution in [2.75, 3.05) is 5.32 Å². The Kier molecular flexibility index (Phi) is 5.79. The van der Waals surface area contributed by atoms with Crippen LogP contribution in [-0.2, 0) is 6.18 Å². The second-order valence-corrected chi connectivity index (χ2v) is 4.84. The molecule has 0 aliphatic carbocycles. The Bertz CT molecular complexity index is 690. The third-order valence-electron chi connectivity index (χ3n) is 2.74. The van der Waals surface area contributed by atoms with Gasteiger partial charge in [-0.3, -0.25) is 0 Å². The molecule has 0 saturated heterocycles. The minimum Gasteiger partial charge on any atom is -1.00 e. The Hall–Kier alpha value is -1.79. The quantitative estimate of drug-likeness (QED) is 0.852. The summed E-state index contributed by atoms with van der Waals surface area (Å²) >= 11 is 5.75. The van der Waals surface area contributed by atoms with Crippen LogP contribution in [0.1, 0.15) is 21.5 Å². The summed E-state index contributed by atoms with van der Waals surface area (Å²) in [5, 5.41) is 2.22. The maximum atomic E-state index is 12.5. The van der Waals surface area contributed by atoms with Crippen LogP contribution in [0, 0.1) is 6.92 Å². The van der Waals surface area contributed by atoms with E-state index < -0.39 is 17.6 Å². The number of carbonyl (C=O) groups excluding carboxylic acids is 1. The molecule has 1 aromatic carbocycles. The largest absolute Gasteiger partial charge is 1.00 e. The fourth-order valence-corrected chi connectivity index (χ4v) is 1.92. The first-order chi connectivity index (χ1) is 9.77. The number of hydrogen-bond donors (Lipinski definition) is 1. The van der Waals surface area contributed by atoms with Gasteiger partial charge < -0.3 is 12.4 Å². The van der Waals surface area contributed by atoms with Crippen molar-refractivity contribution in [1.29, 1.82) is 0 Å². The molecule has 8 heteroatoms. The summed E-state index contributed by atoms with van der Waals surface area (Å²) in [6, 6.07) is 7.55. The van der Waals surface area contributed by atoms with Crippen LogP contribution in [0.5, 0.6) is 0 Å². The van der Waals surface area contributed by atoms with Crippen LogP contribution >= 0.6 is 11.6 Å². The predicted octanol–water partition coefficient (Wildman–Crippen LogP) is 0.738. The summed E-state index contributed by atoms with van der Waals surface area (Å²) in [6.07, 6.45) is -3.75. The highest BCUT2D eigenvalue weighted by Crippen LogP contribution is 2.31. The molecular formula is C14H11Cl2F3N2O. The molecule has 0 saturated carbocycles. The van der Waals surface area contributed by atoms with E-state index in [0.29, 0.717) is 5.56 Å². The summed E-state index contributed by atoms with van der Waals surface area (Å²) in [6.45, 7) is 1.83. The molecule has 2 rings (SSSR count). The predicted molar refractivity (Wildman–Crippen MR) is 72.1 cm³/mol. The van der Waals surface area contributed by atoms with Crippen molar-refractivity contribution >= 4 is 23.3 Å². The molecular weight excluding hydrogens is 340 g/mol. The number of aromatic amines is 1. The third-order valence-corrected chi connectivity index (χ3v) is 3.04. The number of nitrogens with one attached hydrogen (secondary N) is 2. The molecule has 2 aromatic rings. The first-order valence-electron chi connectivity index (χ1n) is 5.94. The molecule has 0 spiro atoms. The Balaban J connectivity index is 0.00000242. The van der Waals surface area contributed by atoms with Crippen molar-refractivity contribution in [3.8, 4) is 0 Å². The number of benzene rings is 1. The van der Waals surface area contributed by atoms with Crippen molar-refractivity contribution in [3.63, 3.8) is 0 Å². The van der Waals surface area contributed by atoms with Gasteiger partial charge in [0.15, 0.2) is 0 Å². The molecule has 0 aliphatic rings.